The third-order valence-corrected chi connectivity index (χ3v) is 2.23. The zero-order valence-corrected chi connectivity index (χ0v) is 8.51. The molecule has 6 nitrogen and oxygen atoms in total. The maximum atomic E-state index is 5.80. The van der Waals surface area contributed by atoms with Crippen LogP contribution >= 0.6 is 0 Å². The molecule has 0 aliphatic carbocycles. The summed E-state index contributed by atoms with van der Waals surface area (Å²) in [5, 5.41) is 0. The average molecular weight is 216 g/mol. The number of aromatic nitrogens is 2. The number of hydrogen-bond acceptors (Lipinski definition) is 6. The van der Waals surface area contributed by atoms with Crippen molar-refractivity contribution >= 4 is 22.7 Å². The largest absolute Gasteiger partial charge is 0.397 e. The zero-order chi connectivity index (χ0) is 11.7. The average Bonchev–Trinajstić information content (AvgIpc) is 2.26. The van der Waals surface area contributed by atoms with Crippen LogP contribution in [-0.2, 0) is 0 Å². The van der Waals surface area contributed by atoms with Crippen molar-refractivity contribution in [2.75, 3.05) is 22.9 Å². The van der Waals surface area contributed by atoms with Crippen molar-refractivity contribution in [2.24, 2.45) is 0 Å². The molecule has 2 heterocycles. The lowest BCUT2D eigenvalue weighted by molar-refractivity contribution is 1.25. The van der Waals surface area contributed by atoms with E-state index >= 15 is 0 Å². The van der Waals surface area contributed by atoms with Crippen LogP contribution in [0.4, 0.5) is 22.7 Å². The first-order valence-corrected chi connectivity index (χ1v) is 4.61. The minimum absolute atomic E-state index is 0.388. The molecule has 82 valence electrons. The summed E-state index contributed by atoms with van der Waals surface area (Å²) >= 11 is 0. The van der Waals surface area contributed by atoms with Gasteiger partial charge in [0.15, 0.2) is 0 Å². The summed E-state index contributed by atoms with van der Waals surface area (Å²) in [5.74, 6) is 0. The summed E-state index contributed by atoms with van der Waals surface area (Å²) in [6.45, 7) is 0. The standard InChI is InChI=1S/C10H12N6/c11-5-1-2-15-10(9(5)14)8-3-6(12)7(13)4-16-8/h1-4H,13-14H2,(H2,11,15)(H2,12,16). The molecule has 2 rings (SSSR count). The molecule has 16 heavy (non-hydrogen) atoms. The highest BCUT2D eigenvalue weighted by atomic mass is 14.8. The summed E-state index contributed by atoms with van der Waals surface area (Å²) < 4.78 is 0. The Hall–Kier alpha value is -2.50. The molecule has 0 aliphatic rings. The van der Waals surface area contributed by atoms with Crippen LogP contribution in [0.5, 0.6) is 0 Å². The second-order valence-electron chi connectivity index (χ2n) is 3.36. The van der Waals surface area contributed by atoms with Gasteiger partial charge in [-0.25, -0.2) is 0 Å². The Morgan fingerprint density at radius 1 is 0.875 bits per heavy atom. The number of anilines is 4. The highest BCUT2D eigenvalue weighted by Gasteiger charge is 2.09. The van der Waals surface area contributed by atoms with Gasteiger partial charge in [0.2, 0.25) is 0 Å². The second-order valence-corrected chi connectivity index (χ2v) is 3.36. The van der Waals surface area contributed by atoms with E-state index in [-0.39, 0.29) is 0 Å². The number of pyridine rings is 2. The summed E-state index contributed by atoms with van der Waals surface area (Å²) in [6.07, 6.45) is 3.03. The van der Waals surface area contributed by atoms with Gasteiger partial charge in [0.25, 0.3) is 0 Å². The molecule has 0 aliphatic heterocycles. The van der Waals surface area contributed by atoms with Crippen molar-refractivity contribution in [3.63, 3.8) is 0 Å². The molecule has 8 N–H and O–H groups in total. The van der Waals surface area contributed by atoms with Gasteiger partial charge in [-0.3, -0.25) is 9.97 Å². The lowest BCUT2D eigenvalue weighted by atomic mass is 10.2. The Balaban J connectivity index is 2.59. The van der Waals surface area contributed by atoms with E-state index in [4.69, 9.17) is 22.9 Å². The van der Waals surface area contributed by atoms with Crippen LogP contribution in [0.15, 0.2) is 24.5 Å². The Labute approximate surface area is 92.3 Å². The summed E-state index contributed by atoms with van der Waals surface area (Å²) in [7, 11) is 0. The van der Waals surface area contributed by atoms with Crippen LogP contribution in [0.3, 0.4) is 0 Å². The van der Waals surface area contributed by atoms with Gasteiger partial charge in [-0.2, -0.15) is 0 Å². The van der Waals surface area contributed by atoms with Gasteiger partial charge in [-0.1, -0.05) is 0 Å². The van der Waals surface area contributed by atoms with Crippen LogP contribution < -0.4 is 22.9 Å². The van der Waals surface area contributed by atoms with E-state index in [2.05, 4.69) is 9.97 Å². The number of nitrogen functional groups attached to an aromatic ring is 4. The van der Waals surface area contributed by atoms with Crippen LogP contribution in [-0.4, -0.2) is 9.97 Å². The molecule has 0 aromatic carbocycles. The normalized spacial score (nSPS) is 10.2. The first-order valence-electron chi connectivity index (χ1n) is 4.61. The molecule has 0 fully saturated rings. The van der Waals surface area contributed by atoms with Crippen molar-refractivity contribution in [1.29, 1.82) is 0 Å². The molecule has 2 aromatic rings. The van der Waals surface area contributed by atoms with Crippen LogP contribution in [0, 0.1) is 0 Å². The van der Waals surface area contributed by atoms with E-state index in [0.29, 0.717) is 34.1 Å². The summed E-state index contributed by atoms with van der Waals surface area (Å²) in [5.41, 5.74) is 25.5. The molecule has 0 radical (unpaired) electrons. The smallest absolute Gasteiger partial charge is 0.114 e. The minimum atomic E-state index is 0.388. The second kappa shape index (κ2) is 3.58. The Kier molecular flexibility index (Phi) is 2.24. The van der Waals surface area contributed by atoms with Crippen molar-refractivity contribution in [2.45, 2.75) is 0 Å². The third-order valence-electron chi connectivity index (χ3n) is 2.23. The van der Waals surface area contributed by atoms with Crippen molar-refractivity contribution in [1.82, 2.24) is 9.97 Å². The topological polar surface area (TPSA) is 130 Å². The van der Waals surface area contributed by atoms with Gasteiger partial charge in [0.1, 0.15) is 5.69 Å². The molecule has 0 bridgehead atoms. The van der Waals surface area contributed by atoms with E-state index in [1.165, 1.54) is 6.20 Å². The molecule has 0 saturated carbocycles. The lowest BCUT2D eigenvalue weighted by Gasteiger charge is -2.07. The summed E-state index contributed by atoms with van der Waals surface area (Å²) in [6, 6.07) is 3.24. The minimum Gasteiger partial charge on any atom is -0.397 e. The number of nitrogens with zero attached hydrogens (tertiary/aromatic N) is 2. The van der Waals surface area contributed by atoms with Gasteiger partial charge < -0.3 is 22.9 Å². The quantitative estimate of drug-likeness (QED) is 0.548. The molecule has 0 saturated heterocycles. The van der Waals surface area contributed by atoms with Gasteiger partial charge >= 0.3 is 0 Å². The van der Waals surface area contributed by atoms with E-state index < -0.39 is 0 Å². The monoisotopic (exact) mass is 216 g/mol. The van der Waals surface area contributed by atoms with Crippen LogP contribution in [0.25, 0.3) is 11.4 Å². The van der Waals surface area contributed by atoms with E-state index in [0.717, 1.165) is 0 Å². The number of rotatable bonds is 1. The molecule has 2 aromatic heterocycles. The predicted octanol–water partition coefficient (Wildman–Crippen LogP) is 0.472. The highest BCUT2D eigenvalue weighted by Crippen LogP contribution is 2.28. The van der Waals surface area contributed by atoms with Gasteiger partial charge in [0, 0.05) is 6.20 Å². The van der Waals surface area contributed by atoms with Crippen LogP contribution in [0.2, 0.25) is 0 Å². The van der Waals surface area contributed by atoms with Crippen molar-refractivity contribution in [3.8, 4) is 11.4 Å². The first kappa shape index (κ1) is 10.0. The van der Waals surface area contributed by atoms with Gasteiger partial charge in [-0.15, -0.1) is 0 Å². The van der Waals surface area contributed by atoms with E-state index in [9.17, 15) is 0 Å². The molecule has 0 atom stereocenters. The van der Waals surface area contributed by atoms with E-state index in [1.807, 2.05) is 0 Å². The Morgan fingerprint density at radius 2 is 1.62 bits per heavy atom. The lowest BCUT2D eigenvalue weighted by Crippen LogP contribution is -2.02. The fraction of sp³-hybridized carbons (Fsp3) is 0. The maximum absolute atomic E-state index is 5.80. The first-order chi connectivity index (χ1) is 7.59. The maximum Gasteiger partial charge on any atom is 0.114 e. The number of nitrogens with two attached hydrogens (primary N) is 4. The third kappa shape index (κ3) is 1.56. The molecule has 0 spiro atoms. The molecular weight excluding hydrogens is 204 g/mol. The summed E-state index contributed by atoms with van der Waals surface area (Å²) in [4.78, 5) is 8.22. The SMILES string of the molecule is Nc1cnc(-c2nccc(N)c2N)cc1N. The van der Waals surface area contributed by atoms with Crippen LogP contribution in [0.1, 0.15) is 0 Å². The highest BCUT2D eigenvalue weighted by molar-refractivity contribution is 5.81. The van der Waals surface area contributed by atoms with Gasteiger partial charge in [-0.05, 0) is 12.1 Å². The molecular formula is C10H12N6. The number of hydrogen-bond donors (Lipinski definition) is 4. The van der Waals surface area contributed by atoms with Crippen molar-refractivity contribution in [3.05, 3.63) is 24.5 Å². The Bertz CT molecular complexity index is 537. The molecule has 0 unspecified atom stereocenters. The molecule has 6 heteroatoms. The van der Waals surface area contributed by atoms with Crippen molar-refractivity contribution < 1.29 is 0 Å². The fourth-order valence-electron chi connectivity index (χ4n) is 1.30. The van der Waals surface area contributed by atoms with Gasteiger partial charge in [0.05, 0.1) is 34.6 Å². The fourth-order valence-corrected chi connectivity index (χ4v) is 1.30. The molecule has 0 amide bonds. The van der Waals surface area contributed by atoms with E-state index in [1.54, 1.807) is 18.3 Å². The Morgan fingerprint density at radius 3 is 2.31 bits per heavy atom. The zero-order valence-electron chi connectivity index (χ0n) is 8.51. The predicted molar refractivity (Wildman–Crippen MR) is 65.1 cm³/mol.